The van der Waals surface area contributed by atoms with Crippen LogP contribution in [-0.2, 0) is 28.9 Å². The fraction of sp³-hybridized carbons (Fsp3) is 0.667. The smallest absolute Gasteiger partial charge is 0.327 e. The molecule has 3 heterocycles. The molecular weight excluding hydrogens is 515 g/mol. The number of halogens is 3. The summed E-state index contributed by atoms with van der Waals surface area (Å²) < 4.78 is 65.9. The van der Waals surface area contributed by atoms with Crippen LogP contribution in [0.5, 0.6) is 0 Å². The van der Waals surface area contributed by atoms with E-state index >= 15 is 0 Å². The summed E-state index contributed by atoms with van der Waals surface area (Å²) in [6, 6.07) is 0. The number of piperazine rings is 1. The lowest BCUT2D eigenvalue weighted by molar-refractivity contribution is -0.149. The number of hydrogen-bond donors (Lipinski definition) is 2. The quantitative estimate of drug-likeness (QED) is 0.385. The first kappa shape index (κ1) is 27.2. The number of thioether (sulfide) groups is 1. The number of nitrogens with one attached hydrogen (secondary N) is 2. The average Bonchev–Trinajstić information content (AvgIpc) is 3.19. The lowest BCUT2D eigenvalue weighted by atomic mass is 10.3. The number of carbonyl (C=O) groups excluding carboxylic acids is 1. The van der Waals surface area contributed by atoms with Crippen LogP contribution in [0, 0.1) is 0 Å². The van der Waals surface area contributed by atoms with Crippen LogP contribution in [0.4, 0.5) is 13.2 Å². The summed E-state index contributed by atoms with van der Waals surface area (Å²) in [5.41, 5.74) is -0.749. The second-order valence-corrected chi connectivity index (χ2v) is 11.0. The minimum absolute atomic E-state index is 0.101. The number of aromatic amines is 1. The van der Waals surface area contributed by atoms with Crippen molar-refractivity contribution >= 4 is 38.9 Å². The van der Waals surface area contributed by atoms with Crippen molar-refractivity contribution in [2.45, 2.75) is 17.8 Å². The van der Waals surface area contributed by atoms with Gasteiger partial charge in [-0.05, 0) is 0 Å². The summed E-state index contributed by atoms with van der Waals surface area (Å²) in [6.07, 6.45) is -4.41. The molecule has 0 unspecified atom stereocenters. The van der Waals surface area contributed by atoms with Gasteiger partial charge in [-0.15, -0.1) is 0 Å². The van der Waals surface area contributed by atoms with Gasteiger partial charge in [0.05, 0.1) is 12.3 Å². The molecule has 1 aliphatic heterocycles. The molecule has 1 saturated heterocycles. The van der Waals surface area contributed by atoms with Gasteiger partial charge >= 0.3 is 11.9 Å². The highest BCUT2D eigenvalue weighted by Gasteiger charge is 2.32. The van der Waals surface area contributed by atoms with Crippen LogP contribution in [0.15, 0.2) is 14.7 Å². The van der Waals surface area contributed by atoms with Crippen LogP contribution in [0.2, 0.25) is 0 Å². The Labute approximate surface area is 202 Å². The molecule has 17 heteroatoms. The summed E-state index contributed by atoms with van der Waals surface area (Å²) in [6.45, 7) is 0.0983. The van der Waals surface area contributed by atoms with Crippen LogP contribution < -0.4 is 16.0 Å². The number of H-pyrrole nitrogens is 1. The number of sulfonamides is 1. The fourth-order valence-corrected chi connectivity index (χ4v) is 5.42. The Morgan fingerprint density at radius 2 is 1.74 bits per heavy atom. The third-order valence-corrected chi connectivity index (χ3v) is 7.59. The van der Waals surface area contributed by atoms with Gasteiger partial charge in [0.2, 0.25) is 15.9 Å². The van der Waals surface area contributed by atoms with Gasteiger partial charge in [0, 0.05) is 59.0 Å². The number of imidazole rings is 1. The average molecular weight is 542 g/mol. The molecule has 0 saturated carbocycles. The van der Waals surface area contributed by atoms with E-state index in [-0.39, 0.29) is 48.7 Å². The SMILES string of the molecule is Cn1c(=O)c2[nH]c(SCCC(=O)NS(=O)(=O)CCN3CCN(CC(F)(F)F)CC3)nc2n(C)c1=O. The van der Waals surface area contributed by atoms with Gasteiger partial charge in [0.25, 0.3) is 5.56 Å². The Kier molecular flexibility index (Phi) is 8.33. The number of hydrogen-bond acceptors (Lipinski definition) is 9. The molecule has 2 aromatic rings. The fourth-order valence-electron chi connectivity index (χ4n) is 3.56. The standard InChI is InChI=1S/C18H26F3N7O5S2/c1-25-14-13(15(30)26(2)17(25)31)22-16(23-14)34-9-3-12(29)24-35(32,33)10-8-27-4-6-28(7-5-27)11-18(19,20)21/h3-11H2,1-2H3,(H,22,23)(H,24,29). The first-order valence-electron chi connectivity index (χ1n) is 10.6. The van der Waals surface area contributed by atoms with Gasteiger partial charge in [-0.1, -0.05) is 11.8 Å². The molecular formula is C18H26F3N7O5S2. The van der Waals surface area contributed by atoms with Gasteiger partial charge < -0.3 is 4.98 Å². The van der Waals surface area contributed by atoms with Gasteiger partial charge in [-0.25, -0.2) is 18.2 Å². The van der Waals surface area contributed by atoms with Crippen molar-refractivity contribution in [1.29, 1.82) is 0 Å². The van der Waals surface area contributed by atoms with Crippen molar-refractivity contribution < 1.29 is 26.4 Å². The third-order valence-electron chi connectivity index (χ3n) is 5.45. The zero-order chi connectivity index (χ0) is 26.0. The molecule has 3 rings (SSSR count). The topological polar surface area (TPSA) is 142 Å². The second-order valence-electron chi connectivity index (χ2n) is 8.12. The number of alkyl halides is 3. The number of nitrogens with zero attached hydrogens (tertiary/aromatic N) is 5. The van der Waals surface area contributed by atoms with Gasteiger partial charge in [0.15, 0.2) is 16.3 Å². The Balaban J connectivity index is 1.43. The van der Waals surface area contributed by atoms with E-state index < -0.39 is 39.9 Å². The lowest BCUT2D eigenvalue weighted by Crippen LogP contribution is -2.50. The normalized spacial score (nSPS) is 16.1. The van der Waals surface area contributed by atoms with Gasteiger partial charge in [0.1, 0.15) is 0 Å². The first-order chi connectivity index (χ1) is 16.3. The highest BCUT2D eigenvalue weighted by molar-refractivity contribution is 7.99. The first-order valence-corrected chi connectivity index (χ1v) is 13.2. The number of carbonyl (C=O) groups is 1. The molecule has 0 spiro atoms. The second kappa shape index (κ2) is 10.7. The Morgan fingerprint density at radius 3 is 2.37 bits per heavy atom. The van der Waals surface area contributed by atoms with E-state index in [2.05, 4.69) is 9.97 Å². The summed E-state index contributed by atoms with van der Waals surface area (Å²) in [5, 5.41) is 0.304. The van der Waals surface area contributed by atoms with E-state index in [1.165, 1.54) is 23.6 Å². The third kappa shape index (κ3) is 7.31. The van der Waals surface area contributed by atoms with Crippen molar-refractivity contribution in [3.8, 4) is 0 Å². The molecule has 35 heavy (non-hydrogen) atoms. The lowest BCUT2D eigenvalue weighted by Gasteiger charge is -2.34. The van der Waals surface area contributed by atoms with Crippen LogP contribution in [-0.4, -0.2) is 100 Å². The maximum absolute atomic E-state index is 12.5. The predicted octanol–water partition coefficient (Wildman–Crippen LogP) is -0.932. The monoisotopic (exact) mass is 541 g/mol. The predicted molar refractivity (Wildman–Crippen MR) is 123 cm³/mol. The molecule has 0 aromatic carbocycles. The molecule has 1 amide bonds. The molecule has 196 valence electrons. The highest BCUT2D eigenvalue weighted by Crippen LogP contribution is 2.18. The molecule has 2 N–H and O–H groups in total. The van der Waals surface area contributed by atoms with Crippen LogP contribution in [0.3, 0.4) is 0 Å². The minimum atomic E-state index is -4.27. The van der Waals surface area contributed by atoms with Crippen molar-refractivity contribution in [3.63, 3.8) is 0 Å². The van der Waals surface area contributed by atoms with E-state index in [4.69, 9.17) is 0 Å². The van der Waals surface area contributed by atoms with Crippen LogP contribution in [0.1, 0.15) is 6.42 Å². The Bertz CT molecular complexity index is 1290. The number of rotatable bonds is 9. The zero-order valence-corrected chi connectivity index (χ0v) is 20.7. The summed E-state index contributed by atoms with van der Waals surface area (Å²) in [4.78, 5) is 46.3. The number of aromatic nitrogens is 4. The molecule has 0 atom stereocenters. The molecule has 2 aromatic heterocycles. The van der Waals surface area contributed by atoms with E-state index in [1.807, 2.05) is 4.72 Å². The van der Waals surface area contributed by atoms with E-state index in [9.17, 15) is 36.0 Å². The van der Waals surface area contributed by atoms with Gasteiger partial charge in [-0.2, -0.15) is 13.2 Å². The van der Waals surface area contributed by atoms with Crippen molar-refractivity contribution in [1.82, 2.24) is 33.6 Å². The molecule has 0 bridgehead atoms. The number of aryl methyl sites for hydroxylation is 1. The van der Waals surface area contributed by atoms with Gasteiger partial charge in [-0.3, -0.25) is 33.2 Å². The van der Waals surface area contributed by atoms with Crippen LogP contribution >= 0.6 is 11.8 Å². The van der Waals surface area contributed by atoms with Crippen molar-refractivity contribution in [2.24, 2.45) is 14.1 Å². The van der Waals surface area contributed by atoms with Crippen molar-refractivity contribution in [3.05, 3.63) is 20.8 Å². The summed E-state index contributed by atoms with van der Waals surface area (Å²) in [7, 11) is -1.09. The van der Waals surface area contributed by atoms with Crippen molar-refractivity contribution in [2.75, 3.05) is 50.8 Å². The largest absolute Gasteiger partial charge is 0.401 e. The summed E-state index contributed by atoms with van der Waals surface area (Å²) >= 11 is 1.09. The molecule has 0 radical (unpaired) electrons. The minimum Gasteiger partial charge on any atom is -0.327 e. The van der Waals surface area contributed by atoms with Crippen LogP contribution in [0.25, 0.3) is 11.2 Å². The summed E-state index contributed by atoms with van der Waals surface area (Å²) in [5.74, 6) is -0.908. The molecule has 1 fully saturated rings. The Hall–Kier alpha value is -2.37. The molecule has 12 nitrogen and oxygen atoms in total. The maximum Gasteiger partial charge on any atom is 0.401 e. The molecule has 1 aliphatic rings. The van der Waals surface area contributed by atoms with E-state index in [0.29, 0.717) is 18.2 Å². The van der Waals surface area contributed by atoms with E-state index in [1.54, 1.807) is 4.90 Å². The number of fused-ring (bicyclic) bond motifs is 1. The highest BCUT2D eigenvalue weighted by atomic mass is 32.2. The van der Waals surface area contributed by atoms with E-state index in [0.717, 1.165) is 16.3 Å². The maximum atomic E-state index is 12.5. The molecule has 0 aliphatic carbocycles. The zero-order valence-electron chi connectivity index (χ0n) is 19.1. The number of amides is 1. The Morgan fingerprint density at radius 1 is 1.11 bits per heavy atom.